The van der Waals surface area contributed by atoms with Crippen molar-refractivity contribution in [2.75, 3.05) is 13.7 Å². The summed E-state index contributed by atoms with van der Waals surface area (Å²) < 4.78 is 5.77. The van der Waals surface area contributed by atoms with Crippen LogP contribution in [-0.2, 0) is 11.3 Å². The maximum atomic E-state index is 11.5. The summed E-state index contributed by atoms with van der Waals surface area (Å²) in [4.78, 5) is 11.5. The second-order valence-corrected chi connectivity index (χ2v) is 3.69. The van der Waals surface area contributed by atoms with Crippen molar-refractivity contribution in [3.63, 3.8) is 0 Å². The van der Waals surface area contributed by atoms with Crippen molar-refractivity contribution < 1.29 is 9.53 Å². The summed E-state index contributed by atoms with van der Waals surface area (Å²) in [6.45, 7) is 0.430. The lowest BCUT2D eigenvalue weighted by Crippen LogP contribution is -2.16. The summed E-state index contributed by atoms with van der Waals surface area (Å²) in [5.74, 6) is -0.0791. The molecule has 0 aliphatic rings. The number of nitrogens with two attached hydrogens (primary N) is 1. The molecule has 0 atom stereocenters. The molecule has 0 aliphatic heterocycles. The molecule has 0 fully saturated rings. The predicted octanol–water partition coefficient (Wildman–Crippen LogP) is 1.74. The average molecular weight is 258 g/mol. The Bertz CT molecular complexity index is 339. The number of carbonyl (C=O) groups is 1. The third-order valence-corrected chi connectivity index (χ3v) is 2.52. The highest BCUT2D eigenvalue weighted by atomic mass is 79.9. The maximum Gasteiger partial charge on any atom is 0.177 e. The van der Waals surface area contributed by atoms with Gasteiger partial charge in [0.1, 0.15) is 0 Å². The summed E-state index contributed by atoms with van der Waals surface area (Å²) in [6.07, 6.45) is 0. The third-order valence-electron chi connectivity index (χ3n) is 1.86. The van der Waals surface area contributed by atoms with Crippen molar-refractivity contribution >= 4 is 21.7 Å². The van der Waals surface area contributed by atoms with E-state index >= 15 is 0 Å². The average Bonchev–Trinajstić information content (AvgIpc) is 2.18. The van der Waals surface area contributed by atoms with Crippen molar-refractivity contribution in [1.29, 1.82) is 0 Å². The molecule has 3 nitrogen and oxygen atoms in total. The lowest BCUT2D eigenvalue weighted by molar-refractivity contribution is 0.0995. The molecule has 1 aromatic carbocycles. The van der Waals surface area contributed by atoms with Crippen molar-refractivity contribution in [2.24, 2.45) is 5.73 Å². The first-order valence-corrected chi connectivity index (χ1v) is 4.99. The van der Waals surface area contributed by atoms with Gasteiger partial charge in [0.15, 0.2) is 5.78 Å². The second-order valence-electron chi connectivity index (χ2n) is 2.83. The van der Waals surface area contributed by atoms with Crippen molar-refractivity contribution in [2.45, 2.75) is 6.61 Å². The smallest absolute Gasteiger partial charge is 0.177 e. The highest BCUT2D eigenvalue weighted by Crippen LogP contribution is 2.21. The summed E-state index contributed by atoms with van der Waals surface area (Å²) in [5.41, 5.74) is 6.81. The largest absolute Gasteiger partial charge is 0.380 e. The van der Waals surface area contributed by atoms with Crippen LogP contribution in [0.4, 0.5) is 0 Å². The summed E-state index contributed by atoms with van der Waals surface area (Å²) >= 11 is 3.33. The first-order valence-electron chi connectivity index (χ1n) is 4.20. The Kier molecular flexibility index (Phi) is 4.25. The Labute approximate surface area is 91.4 Å². The van der Waals surface area contributed by atoms with E-state index in [1.165, 1.54) is 0 Å². The Balaban J connectivity index is 3.15. The molecule has 2 N–H and O–H groups in total. The molecule has 0 bridgehead atoms. The van der Waals surface area contributed by atoms with E-state index < -0.39 is 0 Å². The number of Topliss-reactive ketones (excluding diaryl/α,β-unsaturated/α-hetero) is 1. The SMILES string of the molecule is COCc1cccc(Br)c1C(=O)CN. The fraction of sp³-hybridized carbons (Fsp3) is 0.300. The van der Waals surface area contributed by atoms with Crippen LogP contribution in [0.1, 0.15) is 15.9 Å². The van der Waals surface area contributed by atoms with E-state index in [9.17, 15) is 4.79 Å². The molecule has 76 valence electrons. The quantitative estimate of drug-likeness (QED) is 0.837. The molecule has 0 aliphatic carbocycles. The van der Waals surface area contributed by atoms with Crippen LogP contribution < -0.4 is 5.73 Å². The topological polar surface area (TPSA) is 52.3 Å². The summed E-state index contributed by atoms with van der Waals surface area (Å²) in [6, 6.07) is 5.55. The van der Waals surface area contributed by atoms with Crippen LogP contribution in [0.25, 0.3) is 0 Å². The van der Waals surface area contributed by atoms with Gasteiger partial charge in [-0.15, -0.1) is 0 Å². The van der Waals surface area contributed by atoms with Crippen LogP contribution in [0.3, 0.4) is 0 Å². The lowest BCUT2D eigenvalue weighted by Gasteiger charge is -2.08. The molecule has 1 aromatic rings. The third kappa shape index (κ3) is 2.41. The molecular weight excluding hydrogens is 246 g/mol. The number of ether oxygens (including phenoxy) is 1. The monoisotopic (exact) mass is 257 g/mol. The molecule has 4 heteroatoms. The zero-order chi connectivity index (χ0) is 10.6. The van der Waals surface area contributed by atoms with Crippen LogP contribution in [0, 0.1) is 0 Å². The molecule has 0 amide bonds. The Hall–Kier alpha value is -0.710. The Morgan fingerprint density at radius 3 is 2.86 bits per heavy atom. The van der Waals surface area contributed by atoms with E-state index in [0.717, 1.165) is 10.0 Å². The van der Waals surface area contributed by atoms with E-state index in [2.05, 4.69) is 15.9 Å². The van der Waals surface area contributed by atoms with Gasteiger partial charge < -0.3 is 10.5 Å². The Morgan fingerprint density at radius 2 is 2.29 bits per heavy atom. The molecule has 1 rings (SSSR count). The molecule has 0 radical (unpaired) electrons. The molecule has 0 saturated carbocycles. The molecular formula is C10H12BrNO2. The van der Waals surface area contributed by atoms with E-state index in [-0.39, 0.29) is 12.3 Å². The molecule has 0 spiro atoms. The maximum absolute atomic E-state index is 11.5. The van der Waals surface area contributed by atoms with Gasteiger partial charge in [0.25, 0.3) is 0 Å². The van der Waals surface area contributed by atoms with Gasteiger partial charge in [-0.05, 0) is 11.6 Å². The lowest BCUT2D eigenvalue weighted by atomic mass is 10.0. The standard InChI is InChI=1S/C10H12BrNO2/c1-14-6-7-3-2-4-8(11)10(7)9(13)5-12/h2-4H,5-6,12H2,1H3. The Morgan fingerprint density at radius 1 is 1.57 bits per heavy atom. The molecule has 14 heavy (non-hydrogen) atoms. The van der Waals surface area contributed by atoms with Crippen molar-refractivity contribution in [3.05, 3.63) is 33.8 Å². The number of ketones is 1. The van der Waals surface area contributed by atoms with Gasteiger partial charge in [-0.25, -0.2) is 0 Å². The first kappa shape index (κ1) is 11.4. The number of carbonyl (C=O) groups excluding carboxylic acids is 1. The van der Waals surface area contributed by atoms with Crippen LogP contribution in [-0.4, -0.2) is 19.4 Å². The number of methoxy groups -OCH3 is 1. The highest BCUT2D eigenvalue weighted by molar-refractivity contribution is 9.10. The first-order chi connectivity index (χ1) is 6.70. The summed E-state index contributed by atoms with van der Waals surface area (Å²) in [5, 5.41) is 0. The molecule has 0 saturated heterocycles. The number of rotatable bonds is 4. The van der Waals surface area contributed by atoms with Gasteiger partial charge in [0, 0.05) is 17.1 Å². The minimum atomic E-state index is -0.0791. The highest BCUT2D eigenvalue weighted by Gasteiger charge is 2.12. The number of hydrogen-bond acceptors (Lipinski definition) is 3. The molecule has 0 heterocycles. The minimum Gasteiger partial charge on any atom is -0.380 e. The fourth-order valence-corrected chi connectivity index (χ4v) is 1.89. The second kappa shape index (κ2) is 5.24. The van der Waals surface area contributed by atoms with Crippen LogP contribution in [0.15, 0.2) is 22.7 Å². The predicted molar refractivity (Wildman–Crippen MR) is 58.2 cm³/mol. The van der Waals surface area contributed by atoms with E-state index in [1.54, 1.807) is 7.11 Å². The number of benzene rings is 1. The molecule has 0 aromatic heterocycles. The normalized spacial score (nSPS) is 10.2. The van der Waals surface area contributed by atoms with E-state index in [0.29, 0.717) is 12.2 Å². The van der Waals surface area contributed by atoms with Gasteiger partial charge >= 0.3 is 0 Å². The van der Waals surface area contributed by atoms with Gasteiger partial charge in [0.2, 0.25) is 0 Å². The number of hydrogen-bond donors (Lipinski definition) is 1. The van der Waals surface area contributed by atoms with E-state index in [1.807, 2.05) is 18.2 Å². The molecule has 0 unspecified atom stereocenters. The van der Waals surface area contributed by atoms with Gasteiger partial charge in [-0.2, -0.15) is 0 Å². The van der Waals surface area contributed by atoms with Gasteiger partial charge in [-0.3, -0.25) is 4.79 Å². The zero-order valence-corrected chi connectivity index (χ0v) is 9.50. The van der Waals surface area contributed by atoms with Crippen LogP contribution >= 0.6 is 15.9 Å². The summed E-state index contributed by atoms with van der Waals surface area (Å²) in [7, 11) is 1.59. The number of halogens is 1. The van der Waals surface area contributed by atoms with Crippen LogP contribution in [0.2, 0.25) is 0 Å². The van der Waals surface area contributed by atoms with Gasteiger partial charge in [0.05, 0.1) is 13.2 Å². The van der Waals surface area contributed by atoms with Gasteiger partial charge in [-0.1, -0.05) is 28.1 Å². The minimum absolute atomic E-state index is 0.0132. The van der Waals surface area contributed by atoms with Crippen molar-refractivity contribution in [3.8, 4) is 0 Å². The van der Waals surface area contributed by atoms with Crippen LogP contribution in [0.5, 0.6) is 0 Å². The van der Waals surface area contributed by atoms with Crippen molar-refractivity contribution in [1.82, 2.24) is 0 Å². The van der Waals surface area contributed by atoms with E-state index in [4.69, 9.17) is 10.5 Å². The fourth-order valence-electron chi connectivity index (χ4n) is 1.26. The zero-order valence-electron chi connectivity index (χ0n) is 7.92.